The third-order valence-electron chi connectivity index (χ3n) is 1.34. The van der Waals surface area contributed by atoms with Crippen LogP contribution in [0.2, 0.25) is 10.3 Å². The molecule has 1 aromatic rings. The molecule has 0 spiro atoms. The summed E-state index contributed by atoms with van der Waals surface area (Å²) < 4.78 is 0. The van der Waals surface area contributed by atoms with Gasteiger partial charge in [0, 0.05) is 4.83 Å². The Bertz CT molecular complexity index is 256. The summed E-state index contributed by atoms with van der Waals surface area (Å²) in [4.78, 5) is 4.28. The lowest BCUT2D eigenvalue weighted by Crippen LogP contribution is -1.96. The van der Waals surface area contributed by atoms with Gasteiger partial charge in [-0.1, -0.05) is 46.1 Å². The minimum atomic E-state index is 0.423. The Kier molecular flexibility index (Phi) is 3.81. The molecule has 0 saturated heterocycles. The summed E-state index contributed by atoms with van der Waals surface area (Å²) in [7, 11) is 0. The predicted molar refractivity (Wildman–Crippen MR) is 56.4 cm³/mol. The van der Waals surface area contributed by atoms with Crippen LogP contribution in [-0.2, 0) is 6.42 Å². The molecular weight excluding hydrogens is 261 g/mol. The van der Waals surface area contributed by atoms with Crippen LogP contribution in [0.5, 0.6) is 0 Å². The van der Waals surface area contributed by atoms with Gasteiger partial charge in [-0.3, -0.25) is 0 Å². The van der Waals surface area contributed by atoms with E-state index in [1.54, 1.807) is 0 Å². The van der Waals surface area contributed by atoms with Crippen LogP contribution >= 0.6 is 39.1 Å². The van der Waals surface area contributed by atoms with E-state index in [1.807, 2.05) is 12.1 Å². The Morgan fingerprint density at radius 3 is 2.33 bits per heavy atom. The highest BCUT2D eigenvalue weighted by Gasteiger charge is 2.02. The van der Waals surface area contributed by atoms with E-state index >= 15 is 0 Å². The third-order valence-corrected chi connectivity index (χ3v) is 2.05. The van der Waals surface area contributed by atoms with E-state index in [0.717, 1.165) is 12.0 Å². The van der Waals surface area contributed by atoms with Gasteiger partial charge in [0.25, 0.3) is 0 Å². The van der Waals surface area contributed by atoms with Crippen molar-refractivity contribution in [3.63, 3.8) is 0 Å². The lowest BCUT2D eigenvalue weighted by atomic mass is 10.2. The van der Waals surface area contributed by atoms with Gasteiger partial charge in [0.05, 0.1) is 0 Å². The van der Waals surface area contributed by atoms with Crippen LogP contribution in [-0.4, -0.2) is 9.81 Å². The number of nitrogens with zero attached hydrogens (tertiary/aromatic N) is 1. The minimum Gasteiger partial charge on any atom is -0.224 e. The van der Waals surface area contributed by atoms with Crippen molar-refractivity contribution in [3.05, 3.63) is 28.0 Å². The molecule has 1 unspecified atom stereocenters. The lowest BCUT2D eigenvalue weighted by molar-refractivity contribution is 0.955. The first kappa shape index (κ1) is 10.3. The molecule has 0 saturated carbocycles. The van der Waals surface area contributed by atoms with Gasteiger partial charge in [0.15, 0.2) is 0 Å². The van der Waals surface area contributed by atoms with Crippen molar-refractivity contribution in [2.75, 3.05) is 0 Å². The van der Waals surface area contributed by atoms with E-state index in [0.29, 0.717) is 15.1 Å². The quantitative estimate of drug-likeness (QED) is 0.589. The fourth-order valence-electron chi connectivity index (χ4n) is 0.957. The second-order valence-electron chi connectivity index (χ2n) is 2.61. The number of rotatable bonds is 2. The summed E-state index contributed by atoms with van der Waals surface area (Å²) in [5.41, 5.74) is 1.10. The maximum absolute atomic E-state index is 5.72. The maximum Gasteiger partial charge on any atom is 0.131 e. The van der Waals surface area contributed by atoms with Gasteiger partial charge in [-0.2, -0.15) is 0 Å². The van der Waals surface area contributed by atoms with Gasteiger partial charge in [-0.15, -0.1) is 0 Å². The number of hydrogen-bond donors (Lipinski definition) is 0. The van der Waals surface area contributed by atoms with Gasteiger partial charge < -0.3 is 0 Å². The van der Waals surface area contributed by atoms with E-state index < -0.39 is 0 Å². The number of hydrogen-bond acceptors (Lipinski definition) is 1. The van der Waals surface area contributed by atoms with Crippen molar-refractivity contribution in [3.8, 4) is 0 Å². The Morgan fingerprint density at radius 1 is 1.42 bits per heavy atom. The van der Waals surface area contributed by atoms with Crippen LogP contribution in [0.15, 0.2) is 12.1 Å². The molecule has 0 aromatic carbocycles. The molecule has 0 aliphatic heterocycles. The van der Waals surface area contributed by atoms with Gasteiger partial charge >= 0.3 is 0 Å². The highest BCUT2D eigenvalue weighted by molar-refractivity contribution is 9.09. The summed E-state index contributed by atoms with van der Waals surface area (Å²) in [6.07, 6.45) is 0.905. The first-order valence-corrected chi connectivity index (χ1v) is 5.21. The summed E-state index contributed by atoms with van der Waals surface area (Å²) in [5, 5.41) is 0.899. The van der Waals surface area contributed by atoms with Gasteiger partial charge in [0.2, 0.25) is 0 Å². The standard InChI is InChI=1S/C8H8BrCl2N/c1-5(9)2-6-3-7(10)12-8(11)4-6/h3-5H,2H2,1H3. The Morgan fingerprint density at radius 2 is 1.92 bits per heavy atom. The van der Waals surface area contributed by atoms with Gasteiger partial charge in [0.1, 0.15) is 10.3 Å². The lowest BCUT2D eigenvalue weighted by Gasteiger charge is -2.03. The SMILES string of the molecule is CC(Br)Cc1cc(Cl)nc(Cl)c1. The second-order valence-corrected chi connectivity index (χ2v) is 4.94. The van der Waals surface area contributed by atoms with E-state index in [-0.39, 0.29) is 0 Å². The van der Waals surface area contributed by atoms with Crippen molar-refractivity contribution < 1.29 is 0 Å². The molecular formula is C8H8BrCl2N. The molecule has 0 radical (unpaired) electrons. The van der Waals surface area contributed by atoms with Crippen molar-refractivity contribution in [2.45, 2.75) is 18.2 Å². The largest absolute Gasteiger partial charge is 0.224 e. The van der Waals surface area contributed by atoms with Crippen LogP contribution in [0.1, 0.15) is 12.5 Å². The van der Waals surface area contributed by atoms with E-state index in [4.69, 9.17) is 23.2 Å². The Labute approximate surface area is 90.2 Å². The van der Waals surface area contributed by atoms with Crippen LogP contribution < -0.4 is 0 Å². The molecule has 66 valence electrons. The highest BCUT2D eigenvalue weighted by atomic mass is 79.9. The maximum atomic E-state index is 5.72. The van der Waals surface area contributed by atoms with Crippen LogP contribution in [0.3, 0.4) is 0 Å². The number of alkyl halides is 1. The van der Waals surface area contributed by atoms with Crippen molar-refractivity contribution in [1.29, 1.82) is 0 Å². The predicted octanol–water partition coefficient (Wildman–Crippen LogP) is 3.71. The molecule has 1 aromatic heterocycles. The monoisotopic (exact) mass is 267 g/mol. The third kappa shape index (κ3) is 3.30. The molecule has 1 heterocycles. The summed E-state index contributed by atoms with van der Waals surface area (Å²) in [5.74, 6) is 0. The van der Waals surface area contributed by atoms with Gasteiger partial charge in [-0.05, 0) is 24.1 Å². The van der Waals surface area contributed by atoms with Crippen LogP contribution in [0.4, 0.5) is 0 Å². The molecule has 0 N–H and O–H groups in total. The number of aromatic nitrogens is 1. The zero-order valence-corrected chi connectivity index (χ0v) is 9.62. The van der Waals surface area contributed by atoms with E-state index in [9.17, 15) is 0 Å². The number of halogens is 3. The zero-order chi connectivity index (χ0) is 9.14. The molecule has 1 atom stereocenters. The van der Waals surface area contributed by atoms with Gasteiger partial charge in [-0.25, -0.2) is 4.98 Å². The molecule has 12 heavy (non-hydrogen) atoms. The molecule has 0 aliphatic rings. The minimum absolute atomic E-state index is 0.423. The molecule has 0 aliphatic carbocycles. The molecule has 1 rings (SSSR count). The summed E-state index contributed by atoms with van der Waals surface area (Å²) >= 11 is 14.9. The normalized spacial score (nSPS) is 13.0. The van der Waals surface area contributed by atoms with Crippen molar-refractivity contribution in [1.82, 2.24) is 4.98 Å². The molecule has 0 fully saturated rings. The highest BCUT2D eigenvalue weighted by Crippen LogP contribution is 2.17. The van der Waals surface area contributed by atoms with E-state index in [1.165, 1.54) is 0 Å². The molecule has 4 heteroatoms. The second kappa shape index (κ2) is 4.45. The average molecular weight is 269 g/mol. The van der Waals surface area contributed by atoms with Crippen LogP contribution in [0, 0.1) is 0 Å². The van der Waals surface area contributed by atoms with E-state index in [2.05, 4.69) is 27.8 Å². The first-order chi connectivity index (χ1) is 5.58. The molecule has 0 bridgehead atoms. The summed E-state index contributed by atoms with van der Waals surface area (Å²) in [6, 6.07) is 3.65. The average Bonchev–Trinajstić information content (AvgIpc) is 1.81. The summed E-state index contributed by atoms with van der Waals surface area (Å²) in [6.45, 7) is 2.07. The topological polar surface area (TPSA) is 12.9 Å². The fraction of sp³-hybridized carbons (Fsp3) is 0.375. The van der Waals surface area contributed by atoms with Crippen molar-refractivity contribution in [2.24, 2.45) is 0 Å². The smallest absolute Gasteiger partial charge is 0.131 e. The Hall–Kier alpha value is 0.210. The first-order valence-electron chi connectivity index (χ1n) is 3.54. The van der Waals surface area contributed by atoms with Crippen LogP contribution in [0.25, 0.3) is 0 Å². The fourth-order valence-corrected chi connectivity index (χ4v) is 1.84. The number of pyridine rings is 1. The zero-order valence-electron chi connectivity index (χ0n) is 6.52. The Balaban J connectivity index is 2.85. The molecule has 0 amide bonds. The van der Waals surface area contributed by atoms with Crippen molar-refractivity contribution >= 4 is 39.1 Å². The molecule has 1 nitrogen and oxygen atoms in total.